The summed E-state index contributed by atoms with van der Waals surface area (Å²) in [5, 5.41) is 6.62. The molecular weight excluding hydrogens is 423 g/mol. The lowest BCUT2D eigenvalue weighted by atomic mass is 10.1. The predicted molar refractivity (Wildman–Crippen MR) is 115 cm³/mol. The van der Waals surface area contributed by atoms with Crippen LogP contribution in [0, 0.1) is 0 Å². The minimum atomic E-state index is -4.47. The van der Waals surface area contributed by atoms with Crippen LogP contribution >= 0.6 is 0 Å². The number of furan rings is 1. The van der Waals surface area contributed by atoms with Crippen LogP contribution in [0.1, 0.15) is 61.4 Å². The summed E-state index contributed by atoms with van der Waals surface area (Å²) in [4.78, 5) is 12.6. The Morgan fingerprint density at radius 2 is 1.78 bits per heavy atom. The van der Waals surface area contributed by atoms with Gasteiger partial charge < -0.3 is 20.0 Å². The summed E-state index contributed by atoms with van der Waals surface area (Å²) < 4.78 is 49.6. The fraction of sp³-hybridized carbons (Fsp3) is 0.391. The second-order valence-corrected chi connectivity index (χ2v) is 7.54. The van der Waals surface area contributed by atoms with Crippen molar-refractivity contribution >= 4 is 11.8 Å². The van der Waals surface area contributed by atoms with Crippen LogP contribution in [-0.4, -0.2) is 17.6 Å². The van der Waals surface area contributed by atoms with E-state index in [1.165, 1.54) is 43.5 Å². The van der Waals surface area contributed by atoms with Gasteiger partial charge >= 0.3 is 6.18 Å². The van der Waals surface area contributed by atoms with Crippen molar-refractivity contribution in [3.05, 3.63) is 47.5 Å². The number of hydrogen-bond acceptors (Lipinski definition) is 5. The Morgan fingerprint density at radius 3 is 2.53 bits per heavy atom. The van der Waals surface area contributed by atoms with Gasteiger partial charge in [0.25, 0.3) is 5.91 Å². The Balaban J connectivity index is 1.70. The monoisotopic (exact) mass is 449 g/mol. The van der Waals surface area contributed by atoms with Crippen molar-refractivity contribution < 1.29 is 26.9 Å². The van der Waals surface area contributed by atoms with Crippen molar-refractivity contribution in [2.45, 2.75) is 51.6 Å². The molecule has 0 fully saturated rings. The quantitative estimate of drug-likeness (QED) is 0.355. The largest absolute Gasteiger partial charge is 0.454 e. The average molecular weight is 449 g/mol. The summed E-state index contributed by atoms with van der Waals surface area (Å²) >= 11 is 0. The van der Waals surface area contributed by atoms with Crippen LogP contribution in [0.3, 0.4) is 0 Å². The van der Waals surface area contributed by atoms with Crippen molar-refractivity contribution in [2.75, 3.05) is 12.3 Å². The third kappa shape index (κ3) is 5.72. The highest BCUT2D eigenvalue weighted by Gasteiger charge is 2.31. The van der Waals surface area contributed by atoms with Crippen molar-refractivity contribution in [3.63, 3.8) is 0 Å². The van der Waals surface area contributed by atoms with E-state index in [1.54, 1.807) is 0 Å². The Morgan fingerprint density at radius 1 is 1.06 bits per heavy atom. The lowest BCUT2D eigenvalue weighted by Gasteiger charge is -2.07. The van der Waals surface area contributed by atoms with Gasteiger partial charge in [-0.1, -0.05) is 56.3 Å². The maximum atomic E-state index is 13.0. The maximum absolute atomic E-state index is 13.0. The maximum Gasteiger partial charge on any atom is 0.416 e. The number of halogens is 3. The molecule has 0 atom stereocenters. The molecule has 3 N–H and O–H groups in total. The summed E-state index contributed by atoms with van der Waals surface area (Å²) in [6, 6.07) is 7.80. The highest BCUT2D eigenvalue weighted by atomic mass is 19.4. The van der Waals surface area contributed by atoms with E-state index in [0.29, 0.717) is 6.54 Å². The molecule has 0 saturated carbocycles. The molecule has 0 aliphatic rings. The van der Waals surface area contributed by atoms with E-state index in [9.17, 15) is 18.0 Å². The van der Waals surface area contributed by atoms with E-state index in [2.05, 4.69) is 17.4 Å². The van der Waals surface area contributed by atoms with Gasteiger partial charge in [-0.25, -0.2) is 0 Å². The first-order valence-corrected chi connectivity index (χ1v) is 10.6. The standard InChI is InChI=1S/C23H26F3N3O3/c1-2-3-4-5-6-7-13-28-22(30)19-20(29-32-21(19)27)18-12-11-17(31-18)15-9-8-10-16(14-15)23(24,25)26/h8-12,14H,2-7,13,27H2,1H3,(H,28,30). The molecule has 0 aliphatic carbocycles. The second kappa shape index (κ2) is 10.4. The van der Waals surface area contributed by atoms with E-state index in [4.69, 9.17) is 14.7 Å². The number of alkyl halides is 3. The van der Waals surface area contributed by atoms with Gasteiger partial charge in [0.05, 0.1) is 5.56 Å². The molecule has 0 unspecified atom stereocenters. The number of nitrogens with two attached hydrogens (primary N) is 1. The smallest absolute Gasteiger partial charge is 0.416 e. The summed E-state index contributed by atoms with van der Waals surface area (Å²) in [7, 11) is 0. The van der Waals surface area contributed by atoms with Crippen LogP contribution in [0.4, 0.5) is 19.1 Å². The molecule has 1 aromatic carbocycles. The number of nitrogens with one attached hydrogen (secondary N) is 1. The Kier molecular flexibility index (Phi) is 7.61. The number of unbranched alkanes of at least 4 members (excludes halogenated alkanes) is 5. The van der Waals surface area contributed by atoms with Crippen LogP contribution in [0.2, 0.25) is 0 Å². The van der Waals surface area contributed by atoms with Gasteiger partial charge in [0, 0.05) is 12.1 Å². The van der Waals surface area contributed by atoms with Crippen molar-refractivity contribution in [1.82, 2.24) is 10.5 Å². The van der Waals surface area contributed by atoms with E-state index >= 15 is 0 Å². The van der Waals surface area contributed by atoms with Crippen LogP contribution in [0.25, 0.3) is 22.8 Å². The van der Waals surface area contributed by atoms with Gasteiger partial charge in [-0.2, -0.15) is 13.2 Å². The third-order valence-corrected chi connectivity index (χ3v) is 5.08. The van der Waals surface area contributed by atoms with Crippen LogP contribution in [0.5, 0.6) is 0 Å². The molecule has 32 heavy (non-hydrogen) atoms. The SMILES string of the molecule is CCCCCCCCNC(=O)c1c(-c2ccc(-c3cccc(C(F)(F)F)c3)o2)noc1N. The number of nitrogens with zero attached hydrogens (tertiary/aromatic N) is 1. The zero-order chi connectivity index (χ0) is 23.1. The van der Waals surface area contributed by atoms with E-state index < -0.39 is 17.6 Å². The van der Waals surface area contributed by atoms with Gasteiger partial charge in [0.2, 0.25) is 5.88 Å². The minimum Gasteiger partial charge on any atom is -0.454 e. The zero-order valence-corrected chi connectivity index (χ0v) is 17.8. The van der Waals surface area contributed by atoms with Crippen molar-refractivity contribution in [3.8, 4) is 22.8 Å². The van der Waals surface area contributed by atoms with E-state index in [0.717, 1.165) is 31.4 Å². The summed E-state index contributed by atoms with van der Waals surface area (Å²) in [5.74, 6) is -0.226. The summed E-state index contributed by atoms with van der Waals surface area (Å²) in [6.07, 6.45) is 2.08. The molecule has 172 valence electrons. The zero-order valence-electron chi connectivity index (χ0n) is 17.8. The number of aromatic nitrogens is 1. The molecule has 2 aromatic heterocycles. The fourth-order valence-electron chi connectivity index (χ4n) is 3.36. The van der Waals surface area contributed by atoms with Crippen LogP contribution in [-0.2, 0) is 6.18 Å². The molecule has 0 spiro atoms. The lowest BCUT2D eigenvalue weighted by Crippen LogP contribution is -2.25. The number of amides is 1. The second-order valence-electron chi connectivity index (χ2n) is 7.54. The molecule has 0 aliphatic heterocycles. The van der Waals surface area contributed by atoms with Crippen LogP contribution < -0.4 is 11.1 Å². The number of benzene rings is 1. The van der Waals surface area contributed by atoms with Gasteiger partial charge in [0.15, 0.2) is 11.5 Å². The Bertz CT molecular complexity index is 1040. The van der Waals surface area contributed by atoms with Gasteiger partial charge in [0.1, 0.15) is 11.3 Å². The predicted octanol–water partition coefficient (Wildman–Crippen LogP) is 6.29. The first-order chi connectivity index (χ1) is 15.3. The van der Waals surface area contributed by atoms with Gasteiger partial charge in [-0.3, -0.25) is 4.79 Å². The average Bonchev–Trinajstić information content (AvgIpc) is 3.39. The molecule has 9 heteroatoms. The third-order valence-electron chi connectivity index (χ3n) is 5.08. The summed E-state index contributed by atoms with van der Waals surface area (Å²) in [5.41, 5.74) is 5.40. The first kappa shape index (κ1) is 23.4. The van der Waals surface area contributed by atoms with Crippen molar-refractivity contribution in [2.24, 2.45) is 0 Å². The summed E-state index contributed by atoms with van der Waals surface area (Å²) in [6.45, 7) is 2.64. The number of carbonyl (C=O) groups excluding carboxylic acids is 1. The van der Waals surface area contributed by atoms with Crippen molar-refractivity contribution in [1.29, 1.82) is 0 Å². The van der Waals surface area contributed by atoms with E-state index in [-0.39, 0.29) is 34.2 Å². The number of nitrogen functional groups attached to an aromatic ring is 1. The molecule has 3 rings (SSSR count). The molecule has 3 aromatic rings. The number of carbonyl (C=O) groups is 1. The molecular formula is C23H26F3N3O3. The molecule has 0 bridgehead atoms. The number of hydrogen-bond donors (Lipinski definition) is 2. The normalized spacial score (nSPS) is 11.6. The first-order valence-electron chi connectivity index (χ1n) is 10.6. The fourth-order valence-corrected chi connectivity index (χ4v) is 3.36. The van der Waals surface area contributed by atoms with E-state index in [1.807, 2.05) is 0 Å². The molecule has 0 radical (unpaired) electrons. The molecule has 6 nitrogen and oxygen atoms in total. The van der Waals surface area contributed by atoms with Gasteiger partial charge in [-0.15, -0.1) is 0 Å². The topological polar surface area (TPSA) is 94.3 Å². The Hall–Kier alpha value is -3.23. The number of rotatable bonds is 10. The molecule has 1 amide bonds. The minimum absolute atomic E-state index is 0.0425. The molecule has 0 saturated heterocycles. The highest BCUT2D eigenvalue weighted by Crippen LogP contribution is 2.35. The van der Waals surface area contributed by atoms with Crippen LogP contribution in [0.15, 0.2) is 45.3 Å². The lowest BCUT2D eigenvalue weighted by molar-refractivity contribution is -0.137. The number of anilines is 1. The highest BCUT2D eigenvalue weighted by molar-refractivity contribution is 6.03. The Labute approximate surface area is 184 Å². The van der Waals surface area contributed by atoms with Gasteiger partial charge in [-0.05, 0) is 30.7 Å². The molecule has 2 heterocycles.